The monoisotopic (exact) mass is 773 g/mol. The van der Waals surface area contributed by atoms with Gasteiger partial charge in [0.25, 0.3) is 7.82 Å². The van der Waals surface area contributed by atoms with Gasteiger partial charge in [0.05, 0.1) is 39.9 Å². The van der Waals surface area contributed by atoms with E-state index < -0.39 is 20.0 Å². The van der Waals surface area contributed by atoms with Crippen LogP contribution in [0.25, 0.3) is 0 Å². The zero-order chi connectivity index (χ0) is 39.3. The number of likely N-dealkylation sites (N-methyl/N-ethyl adjacent to an activating group) is 1. The number of rotatable bonds is 41. The standard InChI is InChI=1S/C44H89N2O6P/c1-6-8-10-12-14-16-18-20-22-23-24-26-28-30-32-34-36-38-44(48)45-42(41-52-53(49,50)51-40-39-46(3,4)5)43(47)37-35-33-31-29-27-25-21-19-17-15-13-11-9-7-2/h20,22,42-43,47H,6-19,21,23-41H2,1-5H3,(H-,45,48,49,50)/b22-20+/t42-,43+/m0/s1. The van der Waals surface area contributed by atoms with Crippen LogP contribution < -0.4 is 10.2 Å². The van der Waals surface area contributed by atoms with E-state index in [9.17, 15) is 19.4 Å². The molecule has 0 saturated carbocycles. The third-order valence-corrected chi connectivity index (χ3v) is 11.2. The number of phosphoric acid groups is 1. The number of nitrogens with one attached hydrogen (secondary N) is 1. The smallest absolute Gasteiger partial charge is 0.268 e. The van der Waals surface area contributed by atoms with Crippen molar-refractivity contribution in [1.82, 2.24) is 5.32 Å². The summed E-state index contributed by atoms with van der Waals surface area (Å²) in [5.41, 5.74) is 0. The summed E-state index contributed by atoms with van der Waals surface area (Å²) >= 11 is 0. The van der Waals surface area contributed by atoms with E-state index >= 15 is 0 Å². The van der Waals surface area contributed by atoms with E-state index in [0.29, 0.717) is 23.9 Å². The molecular formula is C44H89N2O6P. The molecule has 1 unspecified atom stereocenters. The molecule has 0 aliphatic carbocycles. The van der Waals surface area contributed by atoms with Crippen LogP contribution in [0.5, 0.6) is 0 Å². The van der Waals surface area contributed by atoms with E-state index in [0.717, 1.165) is 38.5 Å². The van der Waals surface area contributed by atoms with Gasteiger partial charge in [0.2, 0.25) is 5.91 Å². The van der Waals surface area contributed by atoms with Crippen molar-refractivity contribution in [1.29, 1.82) is 0 Å². The fraction of sp³-hybridized carbons (Fsp3) is 0.932. The molecule has 0 aliphatic rings. The van der Waals surface area contributed by atoms with Crippen LogP contribution >= 0.6 is 7.82 Å². The Bertz CT molecular complexity index is 880. The molecule has 3 atom stereocenters. The maximum absolute atomic E-state index is 12.9. The minimum absolute atomic E-state index is 0.0132. The highest BCUT2D eigenvalue weighted by Crippen LogP contribution is 2.38. The number of phosphoric ester groups is 1. The SMILES string of the molecule is CCCCCCCC/C=C/CCCCCCCCCC(=O)N[C@@H](COP(=O)([O-])OCC[N+](C)(C)C)[C@H](O)CCCCCCCCCCCCCCCC. The Morgan fingerprint density at radius 3 is 1.47 bits per heavy atom. The normalized spacial score (nSPS) is 14.5. The van der Waals surface area contributed by atoms with Crippen LogP contribution in [0.3, 0.4) is 0 Å². The highest BCUT2D eigenvalue weighted by molar-refractivity contribution is 7.45. The number of hydrogen-bond acceptors (Lipinski definition) is 6. The summed E-state index contributed by atoms with van der Waals surface area (Å²) in [5.74, 6) is -0.168. The van der Waals surface area contributed by atoms with E-state index in [-0.39, 0.29) is 19.1 Å². The largest absolute Gasteiger partial charge is 0.756 e. The van der Waals surface area contributed by atoms with Gasteiger partial charge in [-0.15, -0.1) is 0 Å². The third kappa shape index (κ3) is 39.3. The average Bonchev–Trinajstić information content (AvgIpc) is 3.10. The van der Waals surface area contributed by atoms with Crippen LogP contribution in [0.1, 0.15) is 213 Å². The number of aliphatic hydroxyl groups is 1. The van der Waals surface area contributed by atoms with Crippen LogP contribution in [-0.2, 0) is 18.4 Å². The van der Waals surface area contributed by atoms with E-state index in [2.05, 4.69) is 31.3 Å². The molecule has 0 saturated heterocycles. The fourth-order valence-corrected chi connectivity index (χ4v) is 7.35. The van der Waals surface area contributed by atoms with Crippen molar-refractivity contribution in [3.63, 3.8) is 0 Å². The second-order valence-electron chi connectivity index (χ2n) is 16.8. The number of unbranched alkanes of at least 4 members (excludes halogenated alkanes) is 26. The highest BCUT2D eigenvalue weighted by atomic mass is 31.2. The molecule has 0 heterocycles. The fourth-order valence-electron chi connectivity index (χ4n) is 6.62. The lowest BCUT2D eigenvalue weighted by molar-refractivity contribution is -0.870. The first-order valence-corrected chi connectivity index (χ1v) is 24.0. The van der Waals surface area contributed by atoms with Gasteiger partial charge in [-0.1, -0.05) is 180 Å². The second kappa shape index (κ2) is 36.9. The van der Waals surface area contributed by atoms with Gasteiger partial charge in [-0.3, -0.25) is 9.36 Å². The number of carbonyl (C=O) groups is 1. The molecule has 0 aromatic carbocycles. The van der Waals surface area contributed by atoms with Gasteiger partial charge in [-0.2, -0.15) is 0 Å². The van der Waals surface area contributed by atoms with Gasteiger partial charge < -0.3 is 28.8 Å². The number of aliphatic hydroxyl groups excluding tert-OH is 1. The second-order valence-corrected chi connectivity index (χ2v) is 18.2. The Morgan fingerprint density at radius 1 is 0.642 bits per heavy atom. The lowest BCUT2D eigenvalue weighted by atomic mass is 10.0. The number of allylic oxidation sites excluding steroid dienone is 2. The molecule has 0 bridgehead atoms. The van der Waals surface area contributed by atoms with E-state index in [1.807, 2.05) is 21.1 Å². The Hall–Kier alpha value is -0.760. The zero-order valence-corrected chi connectivity index (χ0v) is 36.6. The first kappa shape index (κ1) is 52.2. The van der Waals surface area contributed by atoms with E-state index in [4.69, 9.17) is 9.05 Å². The van der Waals surface area contributed by atoms with Crippen molar-refractivity contribution < 1.29 is 32.9 Å². The molecule has 8 nitrogen and oxygen atoms in total. The summed E-state index contributed by atoms with van der Waals surface area (Å²) in [5, 5.41) is 13.9. The van der Waals surface area contributed by atoms with Crippen molar-refractivity contribution in [3.05, 3.63) is 12.2 Å². The molecule has 0 rings (SSSR count). The highest BCUT2D eigenvalue weighted by Gasteiger charge is 2.24. The molecule has 316 valence electrons. The predicted molar refractivity (Wildman–Crippen MR) is 224 cm³/mol. The summed E-state index contributed by atoms with van der Waals surface area (Å²) < 4.78 is 23.3. The molecule has 0 spiro atoms. The Balaban J connectivity index is 4.35. The third-order valence-electron chi connectivity index (χ3n) is 10.3. The number of nitrogens with zero attached hydrogens (tertiary/aromatic N) is 1. The molecule has 0 fully saturated rings. The quantitative estimate of drug-likeness (QED) is 0.0277. The summed E-state index contributed by atoms with van der Waals surface area (Å²) in [6.45, 7) is 4.72. The molecule has 9 heteroatoms. The predicted octanol–water partition coefficient (Wildman–Crippen LogP) is 11.7. The number of amides is 1. The lowest BCUT2D eigenvalue weighted by Gasteiger charge is -2.30. The summed E-state index contributed by atoms with van der Waals surface area (Å²) in [4.78, 5) is 25.3. The van der Waals surface area contributed by atoms with Crippen molar-refractivity contribution in [2.24, 2.45) is 0 Å². The number of hydrogen-bond donors (Lipinski definition) is 2. The first-order chi connectivity index (χ1) is 25.5. The first-order valence-electron chi connectivity index (χ1n) is 22.5. The van der Waals surface area contributed by atoms with Gasteiger partial charge in [0.15, 0.2) is 0 Å². The minimum atomic E-state index is -4.56. The molecule has 53 heavy (non-hydrogen) atoms. The minimum Gasteiger partial charge on any atom is -0.756 e. The maximum atomic E-state index is 12.9. The summed E-state index contributed by atoms with van der Waals surface area (Å²) in [7, 11) is 1.31. The van der Waals surface area contributed by atoms with Crippen LogP contribution in [0, 0.1) is 0 Å². The molecule has 0 aliphatic heterocycles. The molecule has 0 aromatic heterocycles. The van der Waals surface area contributed by atoms with E-state index in [1.165, 1.54) is 148 Å². The van der Waals surface area contributed by atoms with Crippen LogP contribution in [0.15, 0.2) is 12.2 Å². The number of quaternary nitrogens is 1. The summed E-state index contributed by atoms with van der Waals surface area (Å²) in [6, 6.07) is -0.798. The van der Waals surface area contributed by atoms with Crippen molar-refractivity contribution in [3.8, 4) is 0 Å². The van der Waals surface area contributed by atoms with Gasteiger partial charge in [0.1, 0.15) is 13.2 Å². The van der Waals surface area contributed by atoms with Crippen molar-refractivity contribution in [2.45, 2.75) is 225 Å². The Labute approximate surface area is 329 Å². The number of carbonyl (C=O) groups excluding carboxylic acids is 1. The van der Waals surface area contributed by atoms with Crippen molar-refractivity contribution in [2.75, 3.05) is 40.9 Å². The molecule has 2 N–H and O–H groups in total. The molecule has 0 aromatic rings. The molecular weight excluding hydrogens is 683 g/mol. The molecule has 1 amide bonds. The Kier molecular flexibility index (Phi) is 36.3. The zero-order valence-electron chi connectivity index (χ0n) is 35.7. The van der Waals surface area contributed by atoms with Crippen molar-refractivity contribution >= 4 is 13.7 Å². The van der Waals surface area contributed by atoms with Gasteiger partial charge in [0, 0.05) is 6.42 Å². The summed E-state index contributed by atoms with van der Waals surface area (Å²) in [6.07, 6.45) is 40.6. The Morgan fingerprint density at radius 2 is 1.04 bits per heavy atom. The average molecular weight is 773 g/mol. The topological polar surface area (TPSA) is 108 Å². The maximum Gasteiger partial charge on any atom is 0.268 e. The van der Waals surface area contributed by atoms with Crippen LogP contribution in [0.2, 0.25) is 0 Å². The van der Waals surface area contributed by atoms with Crippen LogP contribution in [0.4, 0.5) is 0 Å². The van der Waals surface area contributed by atoms with Crippen LogP contribution in [-0.4, -0.2) is 68.5 Å². The van der Waals surface area contributed by atoms with Gasteiger partial charge in [-0.25, -0.2) is 0 Å². The van der Waals surface area contributed by atoms with E-state index in [1.54, 1.807) is 0 Å². The van der Waals surface area contributed by atoms with Gasteiger partial charge in [-0.05, 0) is 38.5 Å². The lowest BCUT2D eigenvalue weighted by Crippen LogP contribution is -2.46. The molecule has 0 radical (unpaired) electrons. The van der Waals surface area contributed by atoms with Gasteiger partial charge >= 0.3 is 0 Å².